The van der Waals surface area contributed by atoms with E-state index in [1.807, 2.05) is 6.07 Å². The molecule has 2 aromatic rings. The fraction of sp³-hybridized carbons (Fsp3) is 0.211. The fourth-order valence-corrected chi connectivity index (χ4v) is 3.22. The Morgan fingerprint density at radius 3 is 2.56 bits per heavy atom. The van der Waals surface area contributed by atoms with Crippen LogP contribution >= 0.6 is 11.6 Å². The van der Waals surface area contributed by atoms with Gasteiger partial charge in [0, 0.05) is 11.1 Å². The summed E-state index contributed by atoms with van der Waals surface area (Å²) in [5, 5.41) is 3.27. The number of aryl methyl sites for hydroxylation is 1. The second-order valence-electron chi connectivity index (χ2n) is 5.86. The second-order valence-corrected chi connectivity index (χ2v) is 6.30. The minimum absolute atomic E-state index is 0.0382. The molecule has 1 amide bonds. The highest BCUT2D eigenvalue weighted by molar-refractivity contribution is 6.30. The van der Waals surface area contributed by atoms with E-state index in [1.165, 1.54) is 24.3 Å². The summed E-state index contributed by atoms with van der Waals surface area (Å²) < 4.78 is 39.9. The Labute approximate surface area is 148 Å². The van der Waals surface area contributed by atoms with Crippen LogP contribution in [-0.4, -0.2) is 12.1 Å². The lowest BCUT2D eigenvalue weighted by molar-refractivity contribution is -0.117. The number of fused-ring (bicyclic) bond motifs is 1. The molecule has 1 unspecified atom stereocenters. The summed E-state index contributed by atoms with van der Waals surface area (Å²) in [5.41, 5.74) is 0.920. The third-order valence-corrected chi connectivity index (χ3v) is 4.40. The van der Waals surface area contributed by atoms with E-state index in [1.54, 1.807) is 18.2 Å². The van der Waals surface area contributed by atoms with Crippen molar-refractivity contribution in [3.8, 4) is 0 Å². The summed E-state index contributed by atoms with van der Waals surface area (Å²) in [6.07, 6.45) is -2.61. The minimum atomic E-state index is -4.61. The molecule has 0 aliphatic heterocycles. The van der Waals surface area contributed by atoms with Crippen LogP contribution in [0.15, 0.2) is 54.6 Å². The summed E-state index contributed by atoms with van der Waals surface area (Å²) in [6.45, 7) is 0. The zero-order valence-corrected chi connectivity index (χ0v) is 13.9. The largest absolute Gasteiger partial charge is 0.417 e. The maximum Gasteiger partial charge on any atom is 0.417 e. The lowest BCUT2D eigenvalue weighted by Crippen LogP contribution is -2.26. The number of allylic oxidation sites excluding steroid dienone is 1. The number of carbonyl (C=O) groups is 1. The van der Waals surface area contributed by atoms with Crippen LogP contribution in [0.3, 0.4) is 0 Å². The van der Waals surface area contributed by atoms with Gasteiger partial charge < -0.3 is 5.32 Å². The third-order valence-electron chi connectivity index (χ3n) is 4.16. The maximum atomic E-state index is 13.3. The van der Waals surface area contributed by atoms with Gasteiger partial charge in [-0.3, -0.25) is 4.79 Å². The third kappa shape index (κ3) is 4.04. The molecule has 0 spiro atoms. The summed E-state index contributed by atoms with van der Waals surface area (Å²) in [5.74, 6) is -0.760. The van der Waals surface area contributed by atoms with Crippen molar-refractivity contribution in [1.29, 1.82) is 0 Å². The first-order chi connectivity index (χ1) is 11.8. The minimum Gasteiger partial charge on any atom is -0.346 e. The van der Waals surface area contributed by atoms with Gasteiger partial charge in [-0.1, -0.05) is 48.0 Å². The van der Waals surface area contributed by atoms with Crippen LogP contribution in [0.5, 0.6) is 0 Å². The van der Waals surface area contributed by atoms with Crippen LogP contribution in [0.4, 0.5) is 13.2 Å². The average Bonchev–Trinajstić information content (AvgIpc) is 2.94. The Kier molecular flexibility index (Phi) is 4.86. The first-order valence-electron chi connectivity index (χ1n) is 7.78. The van der Waals surface area contributed by atoms with Crippen LogP contribution in [0.25, 0.3) is 5.57 Å². The van der Waals surface area contributed by atoms with Gasteiger partial charge in [0.2, 0.25) is 5.91 Å². The molecule has 0 saturated heterocycles. The van der Waals surface area contributed by atoms with Crippen molar-refractivity contribution in [1.82, 2.24) is 5.32 Å². The second kappa shape index (κ2) is 6.92. The van der Waals surface area contributed by atoms with Crippen molar-refractivity contribution in [2.75, 3.05) is 0 Å². The van der Waals surface area contributed by atoms with Crippen molar-refractivity contribution < 1.29 is 18.0 Å². The summed E-state index contributed by atoms with van der Waals surface area (Å²) in [4.78, 5) is 12.2. The molecule has 1 aliphatic carbocycles. The first-order valence-corrected chi connectivity index (χ1v) is 8.15. The number of alkyl halides is 3. The van der Waals surface area contributed by atoms with Crippen LogP contribution in [0.1, 0.15) is 29.2 Å². The number of hydrogen-bond donors (Lipinski definition) is 1. The smallest absolute Gasteiger partial charge is 0.346 e. The zero-order valence-electron chi connectivity index (χ0n) is 13.1. The Bertz CT molecular complexity index is 815. The fourth-order valence-electron chi connectivity index (χ4n) is 3.03. The summed E-state index contributed by atoms with van der Waals surface area (Å²) in [7, 11) is 0. The molecule has 0 heterocycles. The van der Waals surface area contributed by atoms with Gasteiger partial charge in [0.25, 0.3) is 0 Å². The molecule has 2 aromatic carbocycles. The number of carbonyl (C=O) groups excluding carboxylic acids is 1. The monoisotopic (exact) mass is 365 g/mol. The normalized spacial score (nSPS) is 17.3. The molecule has 1 N–H and O–H groups in total. The molecule has 3 rings (SSSR count). The van der Waals surface area contributed by atoms with E-state index in [0.717, 1.165) is 17.5 Å². The Balaban J connectivity index is 1.82. The van der Waals surface area contributed by atoms with Crippen LogP contribution < -0.4 is 5.32 Å². The lowest BCUT2D eigenvalue weighted by Gasteiger charge is -2.15. The molecular weight excluding hydrogens is 351 g/mol. The Hall–Kier alpha value is -2.27. The van der Waals surface area contributed by atoms with E-state index in [0.29, 0.717) is 17.5 Å². The number of amides is 1. The number of halogens is 4. The SMILES string of the molecule is O=C(/C=C(/c1ccccc1)C(F)(F)F)NC1CCc2cc(Cl)ccc21. The van der Waals surface area contributed by atoms with Gasteiger partial charge >= 0.3 is 6.18 Å². The number of nitrogens with one attached hydrogen (secondary N) is 1. The lowest BCUT2D eigenvalue weighted by atomic mass is 10.0. The zero-order chi connectivity index (χ0) is 18.0. The molecule has 0 bridgehead atoms. The van der Waals surface area contributed by atoms with Crippen molar-refractivity contribution in [2.24, 2.45) is 0 Å². The van der Waals surface area contributed by atoms with E-state index < -0.39 is 17.7 Å². The van der Waals surface area contributed by atoms with Crippen molar-refractivity contribution in [3.05, 3.63) is 76.3 Å². The molecular formula is C19H15ClF3NO. The molecule has 0 aromatic heterocycles. The quantitative estimate of drug-likeness (QED) is 0.754. The molecule has 2 nitrogen and oxygen atoms in total. The van der Waals surface area contributed by atoms with E-state index in [4.69, 9.17) is 11.6 Å². The maximum absolute atomic E-state index is 13.3. The Morgan fingerprint density at radius 1 is 1.16 bits per heavy atom. The standard InChI is InChI=1S/C19H15ClF3NO/c20-14-7-8-15-13(10-14)6-9-17(15)24-18(25)11-16(19(21,22)23)12-4-2-1-3-5-12/h1-5,7-8,10-11,17H,6,9H2,(H,24,25)/b16-11-. The van der Waals surface area contributed by atoms with E-state index >= 15 is 0 Å². The molecule has 130 valence electrons. The van der Waals surface area contributed by atoms with Crippen LogP contribution in [0, 0.1) is 0 Å². The number of hydrogen-bond acceptors (Lipinski definition) is 1. The van der Waals surface area contributed by atoms with E-state index in [2.05, 4.69) is 5.32 Å². The topological polar surface area (TPSA) is 29.1 Å². The Morgan fingerprint density at radius 2 is 1.88 bits per heavy atom. The van der Waals surface area contributed by atoms with Gasteiger partial charge in [0.15, 0.2) is 0 Å². The van der Waals surface area contributed by atoms with Gasteiger partial charge in [-0.25, -0.2) is 0 Å². The molecule has 0 radical (unpaired) electrons. The molecule has 1 atom stereocenters. The van der Waals surface area contributed by atoms with Gasteiger partial charge in [0.05, 0.1) is 11.6 Å². The van der Waals surface area contributed by atoms with Gasteiger partial charge in [0.1, 0.15) is 0 Å². The summed E-state index contributed by atoms with van der Waals surface area (Å²) >= 11 is 5.94. The predicted octanol–water partition coefficient (Wildman–Crippen LogP) is 5.09. The van der Waals surface area contributed by atoms with Gasteiger partial charge in [-0.2, -0.15) is 13.2 Å². The van der Waals surface area contributed by atoms with Crippen molar-refractivity contribution in [2.45, 2.75) is 25.1 Å². The predicted molar refractivity (Wildman–Crippen MR) is 91.1 cm³/mol. The van der Waals surface area contributed by atoms with Crippen molar-refractivity contribution in [3.63, 3.8) is 0 Å². The van der Waals surface area contributed by atoms with Gasteiger partial charge in [-0.05, 0) is 41.7 Å². The van der Waals surface area contributed by atoms with Crippen LogP contribution in [-0.2, 0) is 11.2 Å². The summed E-state index contributed by atoms with van der Waals surface area (Å²) in [6, 6.07) is 12.3. The highest BCUT2D eigenvalue weighted by Crippen LogP contribution is 2.35. The number of rotatable bonds is 3. The highest BCUT2D eigenvalue weighted by atomic mass is 35.5. The molecule has 6 heteroatoms. The average molecular weight is 366 g/mol. The molecule has 0 fully saturated rings. The van der Waals surface area contributed by atoms with E-state index in [9.17, 15) is 18.0 Å². The highest BCUT2D eigenvalue weighted by Gasteiger charge is 2.35. The molecule has 25 heavy (non-hydrogen) atoms. The molecule has 0 saturated carbocycles. The molecule has 1 aliphatic rings. The van der Waals surface area contributed by atoms with Gasteiger partial charge in [-0.15, -0.1) is 0 Å². The van der Waals surface area contributed by atoms with E-state index in [-0.39, 0.29) is 11.6 Å². The number of benzene rings is 2. The van der Waals surface area contributed by atoms with Crippen molar-refractivity contribution >= 4 is 23.1 Å². The van der Waals surface area contributed by atoms with Crippen LogP contribution in [0.2, 0.25) is 5.02 Å². The first kappa shape index (κ1) is 17.5.